The van der Waals surface area contributed by atoms with Gasteiger partial charge in [0.25, 0.3) is 0 Å². The quantitative estimate of drug-likeness (QED) is 0.258. The molecule has 5 aromatic carbocycles. The van der Waals surface area contributed by atoms with Gasteiger partial charge in [0, 0.05) is 27.3 Å². The van der Waals surface area contributed by atoms with E-state index in [1.54, 1.807) is 0 Å². The Kier molecular flexibility index (Phi) is 3.40. The molecule has 0 spiro atoms. The van der Waals surface area contributed by atoms with Gasteiger partial charge in [0.05, 0.1) is 11.0 Å². The van der Waals surface area contributed by atoms with E-state index in [4.69, 9.17) is 0 Å². The fourth-order valence-corrected chi connectivity index (χ4v) is 5.91. The molecule has 0 fully saturated rings. The molecule has 0 unspecified atom stereocenters. The van der Waals surface area contributed by atoms with Crippen LogP contribution in [0.4, 0.5) is 0 Å². The molecule has 0 radical (unpaired) electrons. The SMILES string of the molecule is CC1(C)c2ccccc2-c2c1ccc1c2ccc2c3ccccc3n(-c3ccccc3)c12. The molecular formula is C31H23N. The highest BCUT2D eigenvalue weighted by Gasteiger charge is 2.36. The molecule has 0 N–H and O–H groups in total. The lowest BCUT2D eigenvalue weighted by Gasteiger charge is -2.21. The van der Waals surface area contributed by atoms with E-state index in [1.165, 1.54) is 60.5 Å². The number of benzene rings is 5. The summed E-state index contributed by atoms with van der Waals surface area (Å²) in [6.07, 6.45) is 0. The van der Waals surface area contributed by atoms with Gasteiger partial charge in [-0.05, 0) is 45.8 Å². The van der Waals surface area contributed by atoms with E-state index < -0.39 is 0 Å². The second-order valence-corrected chi connectivity index (χ2v) is 9.40. The first-order valence-electron chi connectivity index (χ1n) is 11.3. The number of hydrogen-bond acceptors (Lipinski definition) is 0. The second-order valence-electron chi connectivity index (χ2n) is 9.40. The molecule has 7 rings (SSSR count). The highest BCUT2D eigenvalue weighted by molar-refractivity contribution is 6.21. The van der Waals surface area contributed by atoms with E-state index >= 15 is 0 Å². The van der Waals surface area contributed by atoms with E-state index in [9.17, 15) is 0 Å². The van der Waals surface area contributed by atoms with Crippen molar-refractivity contribution < 1.29 is 0 Å². The third kappa shape index (κ3) is 2.13. The van der Waals surface area contributed by atoms with Crippen LogP contribution in [0.15, 0.2) is 103 Å². The van der Waals surface area contributed by atoms with Gasteiger partial charge in [-0.3, -0.25) is 0 Å². The van der Waals surface area contributed by atoms with Crippen molar-refractivity contribution >= 4 is 32.6 Å². The van der Waals surface area contributed by atoms with Crippen LogP contribution >= 0.6 is 0 Å². The molecule has 0 saturated heterocycles. The first kappa shape index (κ1) is 17.8. The van der Waals surface area contributed by atoms with Crippen molar-refractivity contribution in [2.75, 3.05) is 0 Å². The van der Waals surface area contributed by atoms with Gasteiger partial charge in [-0.25, -0.2) is 0 Å². The van der Waals surface area contributed by atoms with E-state index in [0.29, 0.717) is 0 Å². The Morgan fingerprint density at radius 3 is 2.06 bits per heavy atom. The maximum atomic E-state index is 2.44. The van der Waals surface area contributed by atoms with Crippen molar-refractivity contribution in [2.45, 2.75) is 19.3 Å². The molecule has 1 aliphatic carbocycles. The zero-order chi connectivity index (χ0) is 21.4. The molecule has 0 aliphatic heterocycles. The second kappa shape index (κ2) is 6.11. The van der Waals surface area contributed by atoms with Crippen LogP contribution in [0.25, 0.3) is 49.4 Å². The van der Waals surface area contributed by atoms with Crippen LogP contribution < -0.4 is 0 Å². The Labute approximate surface area is 187 Å². The molecular weight excluding hydrogens is 386 g/mol. The van der Waals surface area contributed by atoms with E-state index in [1.807, 2.05) is 0 Å². The third-order valence-corrected chi connectivity index (χ3v) is 7.39. The fourth-order valence-electron chi connectivity index (χ4n) is 5.91. The number of hydrogen-bond donors (Lipinski definition) is 0. The summed E-state index contributed by atoms with van der Waals surface area (Å²) in [7, 11) is 0. The number of aromatic nitrogens is 1. The molecule has 1 aliphatic rings. The van der Waals surface area contributed by atoms with Crippen molar-refractivity contribution in [1.82, 2.24) is 4.57 Å². The molecule has 0 atom stereocenters. The summed E-state index contributed by atoms with van der Waals surface area (Å²) in [5, 5.41) is 5.26. The topological polar surface area (TPSA) is 4.93 Å². The lowest BCUT2D eigenvalue weighted by Crippen LogP contribution is -2.14. The molecule has 1 heterocycles. The number of nitrogens with zero attached hydrogens (tertiary/aromatic N) is 1. The summed E-state index contributed by atoms with van der Waals surface area (Å²) >= 11 is 0. The van der Waals surface area contributed by atoms with Crippen molar-refractivity contribution in [1.29, 1.82) is 0 Å². The standard InChI is InChI=1S/C31H23N/c1-31(2)26-14-8-6-13-25(26)29-22-16-17-23-21-12-7-9-15-28(21)32(20-10-4-3-5-11-20)30(23)24(22)18-19-27(29)31/h3-19H,1-2H3. The normalized spacial score (nSPS) is 14.2. The first-order valence-corrected chi connectivity index (χ1v) is 11.3. The zero-order valence-corrected chi connectivity index (χ0v) is 18.3. The summed E-state index contributed by atoms with van der Waals surface area (Å²) in [6, 6.07) is 37.8. The Balaban J connectivity index is 1.70. The Hall–Kier alpha value is -3.84. The minimum absolute atomic E-state index is 0.0151. The molecule has 0 amide bonds. The zero-order valence-electron chi connectivity index (χ0n) is 18.3. The molecule has 32 heavy (non-hydrogen) atoms. The Morgan fingerprint density at radius 2 is 1.19 bits per heavy atom. The van der Waals surface area contributed by atoms with Crippen LogP contribution in [0.5, 0.6) is 0 Å². The summed E-state index contributed by atoms with van der Waals surface area (Å²) in [6.45, 7) is 4.70. The van der Waals surface area contributed by atoms with Gasteiger partial charge in [0.2, 0.25) is 0 Å². The number of fused-ring (bicyclic) bond motifs is 9. The molecule has 1 heteroatoms. The van der Waals surface area contributed by atoms with Gasteiger partial charge >= 0.3 is 0 Å². The molecule has 0 saturated carbocycles. The van der Waals surface area contributed by atoms with Crippen LogP contribution in [0, 0.1) is 0 Å². The average Bonchev–Trinajstić information content (AvgIpc) is 3.30. The van der Waals surface area contributed by atoms with Crippen molar-refractivity contribution in [3.63, 3.8) is 0 Å². The lowest BCUT2D eigenvalue weighted by atomic mass is 9.82. The summed E-state index contributed by atoms with van der Waals surface area (Å²) in [4.78, 5) is 0. The van der Waals surface area contributed by atoms with E-state index in [2.05, 4.69) is 122 Å². The third-order valence-electron chi connectivity index (χ3n) is 7.39. The van der Waals surface area contributed by atoms with Gasteiger partial charge in [-0.2, -0.15) is 0 Å². The fraction of sp³-hybridized carbons (Fsp3) is 0.0968. The van der Waals surface area contributed by atoms with Gasteiger partial charge in [-0.1, -0.05) is 98.8 Å². The molecule has 6 aromatic rings. The first-order chi connectivity index (χ1) is 15.7. The molecule has 1 aromatic heterocycles. The lowest BCUT2D eigenvalue weighted by molar-refractivity contribution is 0.661. The number of para-hydroxylation sites is 2. The van der Waals surface area contributed by atoms with Crippen molar-refractivity contribution in [3.8, 4) is 16.8 Å². The van der Waals surface area contributed by atoms with E-state index in [0.717, 1.165) is 0 Å². The summed E-state index contributed by atoms with van der Waals surface area (Å²) < 4.78 is 2.44. The van der Waals surface area contributed by atoms with Crippen LogP contribution in [0.1, 0.15) is 25.0 Å². The van der Waals surface area contributed by atoms with Crippen LogP contribution in [-0.4, -0.2) is 4.57 Å². The predicted octanol–water partition coefficient (Wildman–Crippen LogP) is 8.24. The minimum Gasteiger partial charge on any atom is -0.309 e. The minimum atomic E-state index is 0.0151. The van der Waals surface area contributed by atoms with Gasteiger partial charge in [0.1, 0.15) is 0 Å². The smallest absolute Gasteiger partial charge is 0.0619 e. The van der Waals surface area contributed by atoms with Crippen molar-refractivity contribution in [3.05, 3.63) is 114 Å². The summed E-state index contributed by atoms with van der Waals surface area (Å²) in [5.74, 6) is 0. The number of rotatable bonds is 1. The largest absolute Gasteiger partial charge is 0.309 e. The Morgan fingerprint density at radius 1 is 0.531 bits per heavy atom. The summed E-state index contributed by atoms with van der Waals surface area (Å²) in [5.41, 5.74) is 9.38. The van der Waals surface area contributed by atoms with Crippen LogP contribution in [-0.2, 0) is 5.41 Å². The van der Waals surface area contributed by atoms with Gasteiger partial charge in [-0.15, -0.1) is 0 Å². The van der Waals surface area contributed by atoms with E-state index in [-0.39, 0.29) is 5.41 Å². The predicted molar refractivity (Wildman–Crippen MR) is 136 cm³/mol. The maximum Gasteiger partial charge on any atom is 0.0619 e. The van der Waals surface area contributed by atoms with Crippen LogP contribution in [0.3, 0.4) is 0 Å². The molecule has 152 valence electrons. The van der Waals surface area contributed by atoms with Gasteiger partial charge < -0.3 is 4.57 Å². The van der Waals surface area contributed by atoms with Crippen LogP contribution in [0.2, 0.25) is 0 Å². The maximum absolute atomic E-state index is 2.44. The molecule has 1 nitrogen and oxygen atoms in total. The monoisotopic (exact) mass is 409 g/mol. The highest BCUT2D eigenvalue weighted by atomic mass is 15.0. The van der Waals surface area contributed by atoms with Crippen molar-refractivity contribution in [2.24, 2.45) is 0 Å². The van der Waals surface area contributed by atoms with Gasteiger partial charge in [0.15, 0.2) is 0 Å². The molecule has 0 bridgehead atoms. The average molecular weight is 410 g/mol. The Bertz CT molecular complexity index is 1680. The highest BCUT2D eigenvalue weighted by Crippen LogP contribution is 2.52.